The summed E-state index contributed by atoms with van der Waals surface area (Å²) in [5, 5.41) is 0. The topological polar surface area (TPSA) is 0 Å². The third-order valence-corrected chi connectivity index (χ3v) is 3.06. The first kappa shape index (κ1) is 24.8. The van der Waals surface area contributed by atoms with Crippen molar-refractivity contribution in [1.82, 2.24) is 0 Å². The molecule has 158 valence electrons. The highest BCUT2D eigenvalue weighted by molar-refractivity contribution is 5.15. The minimum absolute atomic E-state index is 1.53. The molecule has 0 aliphatic heterocycles. The highest BCUT2D eigenvalue weighted by atomic mass is 19.4. The second-order valence-electron chi connectivity index (χ2n) is 4.87. The van der Waals surface area contributed by atoms with Crippen molar-refractivity contribution >= 4 is 0 Å². The summed E-state index contributed by atoms with van der Waals surface area (Å²) in [4.78, 5) is 0. The van der Waals surface area contributed by atoms with Gasteiger partial charge in [-0.3, -0.25) is 0 Å². The average Bonchev–Trinajstić information content (AvgIpc) is 2.34. The predicted molar refractivity (Wildman–Crippen MR) is 46.4 cm³/mol. The predicted octanol–water partition coefficient (Wildman–Crippen LogP) is 6.02. The molecule has 0 amide bonds. The molecular formula is C9H3F17. The molecule has 0 heterocycles. The summed E-state index contributed by atoms with van der Waals surface area (Å²) in [6, 6.07) is 0. The van der Waals surface area contributed by atoms with E-state index in [9.17, 15) is 74.6 Å². The molecule has 0 nitrogen and oxygen atoms in total. The highest BCUT2D eigenvalue weighted by Crippen LogP contribution is 2.63. The first-order valence-electron chi connectivity index (χ1n) is 5.46. The molecule has 17 heteroatoms. The summed E-state index contributed by atoms with van der Waals surface area (Å²) in [5.74, 6) is -41.2. The van der Waals surface area contributed by atoms with E-state index < -0.39 is 54.6 Å². The normalized spacial score (nSPS) is 18.7. The van der Waals surface area contributed by atoms with Crippen LogP contribution in [0.1, 0.15) is 6.92 Å². The number of halogens is 17. The van der Waals surface area contributed by atoms with E-state index in [0.29, 0.717) is 0 Å². The van der Waals surface area contributed by atoms with Crippen molar-refractivity contribution in [3.63, 3.8) is 0 Å². The second kappa shape index (κ2) is 5.65. The Balaban J connectivity index is 6.61. The van der Waals surface area contributed by atoms with Crippen molar-refractivity contribution in [3.8, 4) is 0 Å². The molecule has 0 aromatic carbocycles. The molecule has 0 saturated carbocycles. The lowest BCUT2D eigenvalue weighted by molar-refractivity contribution is -0.455. The van der Waals surface area contributed by atoms with Crippen molar-refractivity contribution in [2.45, 2.75) is 54.6 Å². The van der Waals surface area contributed by atoms with Gasteiger partial charge in [-0.25, -0.2) is 4.39 Å². The Morgan fingerprint density at radius 2 is 0.538 bits per heavy atom. The molecule has 0 radical (unpaired) electrons. The molecule has 0 N–H and O–H groups in total. The van der Waals surface area contributed by atoms with Gasteiger partial charge in [0.2, 0.25) is 0 Å². The van der Waals surface area contributed by atoms with Crippen molar-refractivity contribution in [1.29, 1.82) is 0 Å². The molecule has 0 bridgehead atoms. The third kappa shape index (κ3) is 2.84. The van der Waals surface area contributed by atoms with Crippen LogP contribution in [0.25, 0.3) is 0 Å². The van der Waals surface area contributed by atoms with Crippen molar-refractivity contribution < 1.29 is 74.6 Å². The molecule has 1 atom stereocenters. The van der Waals surface area contributed by atoms with Crippen LogP contribution in [0.3, 0.4) is 0 Å². The van der Waals surface area contributed by atoms with Gasteiger partial charge in [-0.1, -0.05) is 0 Å². The molecule has 0 aromatic rings. The van der Waals surface area contributed by atoms with Crippen LogP contribution in [-0.4, -0.2) is 47.6 Å². The van der Waals surface area contributed by atoms with E-state index in [1.54, 1.807) is 0 Å². The van der Waals surface area contributed by atoms with Crippen molar-refractivity contribution in [3.05, 3.63) is 0 Å². The molecule has 0 aliphatic carbocycles. The highest BCUT2D eigenvalue weighted by Gasteiger charge is 2.94. The van der Waals surface area contributed by atoms with Crippen LogP contribution >= 0.6 is 0 Å². The van der Waals surface area contributed by atoms with Crippen LogP contribution in [0.15, 0.2) is 0 Å². The van der Waals surface area contributed by atoms with E-state index in [1.807, 2.05) is 0 Å². The Hall–Kier alpha value is -1.19. The fourth-order valence-corrected chi connectivity index (χ4v) is 1.24. The van der Waals surface area contributed by atoms with Gasteiger partial charge in [-0.15, -0.1) is 0 Å². The zero-order chi connectivity index (χ0) is 22.0. The molecular weight excluding hydrogens is 431 g/mol. The van der Waals surface area contributed by atoms with E-state index in [4.69, 9.17) is 0 Å². The number of hydrogen-bond acceptors (Lipinski definition) is 0. The maximum atomic E-state index is 13.0. The van der Waals surface area contributed by atoms with E-state index in [2.05, 4.69) is 0 Å². The Morgan fingerprint density at radius 1 is 0.308 bits per heavy atom. The van der Waals surface area contributed by atoms with Gasteiger partial charge >= 0.3 is 42.0 Å². The number of alkyl halides is 17. The van der Waals surface area contributed by atoms with Gasteiger partial charge in [-0.2, -0.15) is 70.2 Å². The first-order valence-corrected chi connectivity index (χ1v) is 5.46. The maximum absolute atomic E-state index is 13.0. The lowest BCUT2D eigenvalue weighted by Gasteiger charge is -2.43. The van der Waals surface area contributed by atoms with Gasteiger partial charge in [0, 0.05) is 0 Å². The Labute approximate surface area is 130 Å². The molecule has 26 heavy (non-hydrogen) atoms. The summed E-state index contributed by atoms with van der Waals surface area (Å²) in [5.41, 5.74) is -6.73. The van der Waals surface area contributed by atoms with E-state index in [1.165, 1.54) is 0 Å². The number of rotatable bonds is 5. The zero-order valence-electron chi connectivity index (χ0n) is 11.4. The van der Waals surface area contributed by atoms with Crippen LogP contribution < -0.4 is 0 Å². The standard InChI is InChI=1S/C9H3F17/c1-2(10,8(21,22)23)3(11,12)4(13,14)5(15,16)6(17,18)7(19,20)9(24,25)26/h1H3. The molecule has 0 rings (SSSR count). The maximum Gasteiger partial charge on any atom is 0.460 e. The molecule has 0 spiro atoms. The van der Waals surface area contributed by atoms with Crippen LogP contribution in [-0.2, 0) is 0 Å². The summed E-state index contributed by atoms with van der Waals surface area (Å²) < 4.78 is 212. The van der Waals surface area contributed by atoms with E-state index in [-0.39, 0.29) is 0 Å². The van der Waals surface area contributed by atoms with Gasteiger partial charge in [0.15, 0.2) is 0 Å². The Kier molecular flexibility index (Phi) is 5.39. The number of hydrogen-bond donors (Lipinski definition) is 0. The average molecular weight is 434 g/mol. The molecule has 0 saturated heterocycles. The van der Waals surface area contributed by atoms with E-state index in [0.717, 1.165) is 0 Å². The minimum Gasteiger partial charge on any atom is -0.227 e. The summed E-state index contributed by atoms with van der Waals surface area (Å²) >= 11 is 0. The molecule has 0 aliphatic rings. The smallest absolute Gasteiger partial charge is 0.227 e. The fourth-order valence-electron chi connectivity index (χ4n) is 1.24. The summed E-state index contributed by atoms with van der Waals surface area (Å²) in [7, 11) is 0. The SMILES string of the molecule is CC(F)(C(F)(F)F)C(F)(F)C(F)(F)C(F)(F)C(F)(F)C(F)(F)C(F)(F)F. The molecule has 1 unspecified atom stereocenters. The van der Waals surface area contributed by atoms with E-state index >= 15 is 0 Å². The molecule has 0 aromatic heterocycles. The van der Waals surface area contributed by atoms with Gasteiger partial charge < -0.3 is 0 Å². The lowest BCUT2D eigenvalue weighted by atomic mass is 9.86. The first-order chi connectivity index (χ1) is 10.8. The second-order valence-corrected chi connectivity index (χ2v) is 4.87. The van der Waals surface area contributed by atoms with Crippen LogP contribution in [0, 0.1) is 0 Å². The Morgan fingerprint density at radius 3 is 0.769 bits per heavy atom. The van der Waals surface area contributed by atoms with Crippen LogP contribution in [0.2, 0.25) is 0 Å². The fraction of sp³-hybridized carbons (Fsp3) is 1.00. The summed E-state index contributed by atoms with van der Waals surface area (Å²) in [6.45, 7) is -1.53. The monoisotopic (exact) mass is 434 g/mol. The third-order valence-electron chi connectivity index (χ3n) is 3.06. The van der Waals surface area contributed by atoms with Gasteiger partial charge in [0.05, 0.1) is 0 Å². The zero-order valence-corrected chi connectivity index (χ0v) is 11.4. The lowest BCUT2D eigenvalue weighted by Crippen LogP contribution is -2.74. The van der Waals surface area contributed by atoms with Gasteiger partial charge in [0.25, 0.3) is 5.67 Å². The van der Waals surface area contributed by atoms with Crippen molar-refractivity contribution in [2.24, 2.45) is 0 Å². The van der Waals surface area contributed by atoms with Crippen LogP contribution in [0.5, 0.6) is 0 Å². The molecule has 0 fully saturated rings. The van der Waals surface area contributed by atoms with Crippen molar-refractivity contribution in [2.75, 3.05) is 0 Å². The summed E-state index contributed by atoms with van der Waals surface area (Å²) in [6.07, 6.45) is -14.9. The van der Waals surface area contributed by atoms with Gasteiger partial charge in [-0.05, 0) is 6.92 Å². The van der Waals surface area contributed by atoms with Crippen LogP contribution in [0.4, 0.5) is 74.6 Å². The quantitative estimate of drug-likeness (QED) is 0.465. The largest absolute Gasteiger partial charge is 0.460 e. The Bertz CT molecular complexity index is 469. The minimum atomic E-state index is -8.48. The van der Waals surface area contributed by atoms with Gasteiger partial charge in [0.1, 0.15) is 0 Å².